The Morgan fingerprint density at radius 1 is 1.26 bits per heavy atom. The predicted octanol–water partition coefficient (Wildman–Crippen LogP) is 2.16. The molecule has 2 rings (SSSR count). The van der Waals surface area contributed by atoms with Crippen LogP contribution in [0.4, 0.5) is 0 Å². The van der Waals surface area contributed by atoms with Crippen molar-refractivity contribution in [3.63, 3.8) is 0 Å². The van der Waals surface area contributed by atoms with Gasteiger partial charge in [-0.2, -0.15) is 5.10 Å². The zero-order valence-electron chi connectivity index (χ0n) is 14.0. The van der Waals surface area contributed by atoms with Crippen molar-refractivity contribution in [2.45, 2.75) is 46.7 Å². The summed E-state index contributed by atoms with van der Waals surface area (Å²) in [7, 11) is 0. The van der Waals surface area contributed by atoms with Gasteiger partial charge in [-0.1, -0.05) is 13.8 Å². The molecule has 2 aromatic rings. The van der Waals surface area contributed by atoms with Gasteiger partial charge in [0.1, 0.15) is 6.04 Å². The third-order valence-electron chi connectivity index (χ3n) is 3.71. The lowest BCUT2D eigenvalue weighted by Gasteiger charge is -2.18. The topological polar surface area (TPSA) is 97.1 Å². The lowest BCUT2D eigenvalue weighted by atomic mass is 10.0. The normalized spacial score (nSPS) is 12.8. The summed E-state index contributed by atoms with van der Waals surface area (Å²) in [5.41, 5.74) is 1.63. The van der Waals surface area contributed by atoms with Crippen molar-refractivity contribution in [1.29, 1.82) is 0 Å². The Morgan fingerprint density at radius 3 is 2.43 bits per heavy atom. The SMILES string of the molecule is Cc1nc2c(cnn2C(C)C)cc1C(=O)N[C@H](C(=O)O)C(C)C. The number of aryl methyl sites for hydroxylation is 1. The average Bonchev–Trinajstić information content (AvgIpc) is 2.85. The fourth-order valence-electron chi connectivity index (χ4n) is 2.41. The highest BCUT2D eigenvalue weighted by Crippen LogP contribution is 2.19. The lowest BCUT2D eigenvalue weighted by Crippen LogP contribution is -2.44. The Kier molecular flexibility index (Phi) is 4.68. The number of rotatable bonds is 5. The highest BCUT2D eigenvalue weighted by molar-refractivity contribution is 5.99. The number of nitrogens with zero attached hydrogens (tertiary/aromatic N) is 3. The van der Waals surface area contributed by atoms with E-state index in [0.717, 1.165) is 5.39 Å². The van der Waals surface area contributed by atoms with Crippen molar-refractivity contribution in [2.24, 2.45) is 5.92 Å². The van der Waals surface area contributed by atoms with Crippen LogP contribution in [-0.2, 0) is 4.79 Å². The van der Waals surface area contributed by atoms with Crippen molar-refractivity contribution in [2.75, 3.05) is 0 Å². The first-order valence-electron chi connectivity index (χ1n) is 7.61. The largest absolute Gasteiger partial charge is 0.480 e. The summed E-state index contributed by atoms with van der Waals surface area (Å²) < 4.78 is 1.79. The van der Waals surface area contributed by atoms with Crippen LogP contribution >= 0.6 is 0 Å². The quantitative estimate of drug-likeness (QED) is 0.880. The van der Waals surface area contributed by atoms with E-state index in [1.165, 1.54) is 0 Å². The molecule has 0 saturated carbocycles. The minimum atomic E-state index is -1.05. The molecule has 0 spiro atoms. The standard InChI is InChI=1S/C16H22N4O3/c1-8(2)13(16(22)23)19-15(21)12-6-11-7-17-20(9(3)4)14(11)18-10(12)5/h6-9,13H,1-5H3,(H,19,21)(H,22,23)/t13-/m0/s1. The van der Waals surface area contributed by atoms with E-state index in [-0.39, 0.29) is 12.0 Å². The maximum Gasteiger partial charge on any atom is 0.326 e. The first-order chi connectivity index (χ1) is 10.7. The summed E-state index contributed by atoms with van der Waals surface area (Å²) in [5.74, 6) is -1.69. The van der Waals surface area contributed by atoms with Gasteiger partial charge in [-0.3, -0.25) is 4.79 Å². The highest BCUT2D eigenvalue weighted by atomic mass is 16.4. The van der Waals surface area contributed by atoms with Crippen LogP contribution in [0.5, 0.6) is 0 Å². The summed E-state index contributed by atoms with van der Waals surface area (Å²) in [5, 5.41) is 16.8. The number of carbonyl (C=O) groups excluding carboxylic acids is 1. The van der Waals surface area contributed by atoms with Gasteiger partial charge >= 0.3 is 5.97 Å². The molecule has 0 bridgehead atoms. The zero-order chi connectivity index (χ0) is 17.3. The smallest absolute Gasteiger partial charge is 0.326 e. The summed E-state index contributed by atoms with van der Waals surface area (Å²) in [4.78, 5) is 28.1. The van der Waals surface area contributed by atoms with Crippen LogP contribution in [-0.4, -0.2) is 37.8 Å². The molecule has 23 heavy (non-hydrogen) atoms. The molecule has 0 aliphatic heterocycles. The molecule has 2 N–H and O–H groups in total. The first-order valence-corrected chi connectivity index (χ1v) is 7.61. The highest BCUT2D eigenvalue weighted by Gasteiger charge is 2.25. The molecule has 2 heterocycles. The van der Waals surface area contributed by atoms with Gasteiger partial charge in [-0.05, 0) is 32.8 Å². The minimum Gasteiger partial charge on any atom is -0.480 e. The third-order valence-corrected chi connectivity index (χ3v) is 3.71. The first kappa shape index (κ1) is 16.9. The molecule has 7 nitrogen and oxygen atoms in total. The molecule has 124 valence electrons. The van der Waals surface area contributed by atoms with Crippen LogP contribution in [0.1, 0.15) is 49.8 Å². The molecule has 0 aromatic carbocycles. The van der Waals surface area contributed by atoms with Gasteiger partial charge in [-0.15, -0.1) is 0 Å². The number of aliphatic carboxylic acids is 1. The lowest BCUT2D eigenvalue weighted by molar-refractivity contribution is -0.140. The van der Waals surface area contributed by atoms with E-state index in [1.807, 2.05) is 13.8 Å². The molecule has 0 aliphatic rings. The van der Waals surface area contributed by atoms with Crippen LogP contribution in [0.25, 0.3) is 11.0 Å². The minimum absolute atomic E-state index is 0.163. The van der Waals surface area contributed by atoms with Gasteiger partial charge in [0, 0.05) is 11.4 Å². The van der Waals surface area contributed by atoms with E-state index < -0.39 is 17.9 Å². The summed E-state index contributed by atoms with van der Waals surface area (Å²) in [6.07, 6.45) is 1.66. The Labute approximate surface area is 134 Å². The second-order valence-electron chi connectivity index (χ2n) is 6.25. The molecule has 7 heteroatoms. The fraction of sp³-hybridized carbons (Fsp3) is 0.500. The Bertz CT molecular complexity index is 749. The van der Waals surface area contributed by atoms with Crippen LogP contribution in [0.15, 0.2) is 12.3 Å². The van der Waals surface area contributed by atoms with E-state index in [2.05, 4.69) is 15.4 Å². The summed E-state index contributed by atoms with van der Waals surface area (Å²) in [6, 6.07) is 0.936. The number of fused-ring (bicyclic) bond motifs is 1. The molecule has 0 aliphatic carbocycles. The molecular weight excluding hydrogens is 296 g/mol. The van der Waals surface area contributed by atoms with Crippen LogP contribution in [0, 0.1) is 12.8 Å². The number of amides is 1. The number of carbonyl (C=O) groups is 2. The van der Waals surface area contributed by atoms with Crippen molar-refractivity contribution in [1.82, 2.24) is 20.1 Å². The van der Waals surface area contributed by atoms with Crippen molar-refractivity contribution in [3.8, 4) is 0 Å². The van der Waals surface area contributed by atoms with Crippen LogP contribution in [0.2, 0.25) is 0 Å². The van der Waals surface area contributed by atoms with Gasteiger partial charge < -0.3 is 10.4 Å². The van der Waals surface area contributed by atoms with E-state index in [0.29, 0.717) is 16.9 Å². The fourth-order valence-corrected chi connectivity index (χ4v) is 2.41. The van der Waals surface area contributed by atoms with Crippen LogP contribution in [0.3, 0.4) is 0 Å². The maximum absolute atomic E-state index is 12.4. The number of carboxylic acids is 1. The predicted molar refractivity (Wildman–Crippen MR) is 86.4 cm³/mol. The van der Waals surface area contributed by atoms with Gasteiger partial charge in [-0.25, -0.2) is 14.5 Å². The van der Waals surface area contributed by atoms with Gasteiger partial charge in [0.15, 0.2) is 5.65 Å². The van der Waals surface area contributed by atoms with E-state index >= 15 is 0 Å². The van der Waals surface area contributed by atoms with Gasteiger partial charge in [0.05, 0.1) is 17.5 Å². The average molecular weight is 318 g/mol. The van der Waals surface area contributed by atoms with Crippen molar-refractivity contribution in [3.05, 3.63) is 23.5 Å². The van der Waals surface area contributed by atoms with E-state index in [9.17, 15) is 14.7 Å². The van der Waals surface area contributed by atoms with Crippen LogP contribution < -0.4 is 5.32 Å². The monoisotopic (exact) mass is 318 g/mol. The maximum atomic E-state index is 12.4. The molecule has 0 fully saturated rings. The molecule has 0 unspecified atom stereocenters. The Morgan fingerprint density at radius 2 is 1.91 bits per heavy atom. The second-order valence-corrected chi connectivity index (χ2v) is 6.25. The number of aromatic nitrogens is 3. The van der Waals surface area contributed by atoms with E-state index in [4.69, 9.17) is 0 Å². The Balaban J connectivity index is 2.38. The molecule has 1 amide bonds. The molecule has 0 radical (unpaired) electrons. The summed E-state index contributed by atoms with van der Waals surface area (Å²) in [6.45, 7) is 9.24. The van der Waals surface area contributed by atoms with E-state index in [1.54, 1.807) is 37.7 Å². The Hall–Kier alpha value is -2.44. The number of pyridine rings is 1. The number of hydrogen-bond donors (Lipinski definition) is 2. The third kappa shape index (κ3) is 3.33. The number of nitrogens with one attached hydrogen (secondary N) is 1. The summed E-state index contributed by atoms with van der Waals surface area (Å²) >= 11 is 0. The zero-order valence-corrected chi connectivity index (χ0v) is 14.0. The van der Waals surface area contributed by atoms with Crippen molar-refractivity contribution >= 4 is 22.9 Å². The molecule has 0 saturated heterocycles. The van der Waals surface area contributed by atoms with Gasteiger partial charge in [0.2, 0.25) is 0 Å². The second kappa shape index (κ2) is 6.36. The number of carboxylic acid groups (broad SMARTS) is 1. The van der Waals surface area contributed by atoms with Crippen molar-refractivity contribution < 1.29 is 14.7 Å². The molecular formula is C16H22N4O3. The van der Waals surface area contributed by atoms with Gasteiger partial charge in [0.25, 0.3) is 5.91 Å². The molecule has 1 atom stereocenters. The number of hydrogen-bond acceptors (Lipinski definition) is 4. The molecule has 2 aromatic heterocycles.